The predicted octanol–water partition coefficient (Wildman–Crippen LogP) is 3.01. The van der Waals surface area contributed by atoms with Crippen molar-refractivity contribution in [2.45, 2.75) is 41.0 Å². The molecule has 0 saturated heterocycles. The molecule has 0 atom stereocenters. The van der Waals surface area contributed by atoms with Crippen LogP contribution in [0.5, 0.6) is 0 Å². The van der Waals surface area contributed by atoms with Crippen LogP contribution in [0, 0.1) is 0 Å². The highest BCUT2D eigenvalue weighted by molar-refractivity contribution is 4.25. The highest BCUT2D eigenvalue weighted by Gasteiger charge is 1.72. The molecule has 0 aliphatic rings. The maximum absolute atomic E-state index is 2.12. The summed E-state index contributed by atoms with van der Waals surface area (Å²) < 4.78 is 0. The van der Waals surface area contributed by atoms with E-state index in [1.54, 1.807) is 0 Å². The zero-order valence-electron chi connectivity index (χ0n) is 8.86. The van der Waals surface area contributed by atoms with Crippen molar-refractivity contribution in [2.24, 2.45) is 0 Å². The summed E-state index contributed by atoms with van der Waals surface area (Å²) in [4.78, 5) is 2.12. The Morgan fingerprint density at radius 2 is 1.00 bits per heavy atom. The van der Waals surface area contributed by atoms with Gasteiger partial charge in [0.1, 0.15) is 0 Å². The molecule has 66 valence electrons. The van der Waals surface area contributed by atoms with Gasteiger partial charge in [-0.3, -0.25) is 0 Å². The molecule has 0 saturated carbocycles. The minimum absolute atomic E-state index is 1.14. The highest BCUT2D eigenvalue weighted by Crippen LogP contribution is 1.63. The molecule has 0 bridgehead atoms. The van der Waals surface area contributed by atoms with Crippen molar-refractivity contribution < 1.29 is 0 Å². The van der Waals surface area contributed by atoms with Gasteiger partial charge in [-0.25, -0.2) is 0 Å². The summed E-state index contributed by atoms with van der Waals surface area (Å²) in [5.74, 6) is 0. The lowest BCUT2D eigenvalue weighted by atomic mass is 10.6. The Morgan fingerprint density at radius 1 is 0.900 bits per heavy atom. The largest absolute Gasteiger partial charge is 0.310 e. The second-order valence-corrected chi connectivity index (χ2v) is 2.10. The number of rotatable bonds is 1. The van der Waals surface area contributed by atoms with Crippen molar-refractivity contribution in [3.63, 3.8) is 0 Å². The van der Waals surface area contributed by atoms with Crippen LogP contribution in [0.1, 0.15) is 41.0 Å². The van der Waals surface area contributed by atoms with E-state index in [-0.39, 0.29) is 0 Å². The Labute approximate surface area is 67.4 Å². The molecule has 10 heavy (non-hydrogen) atoms. The Hall–Kier alpha value is -0.0400. The first-order valence-corrected chi connectivity index (χ1v) is 4.33. The van der Waals surface area contributed by atoms with Crippen LogP contribution in [0.25, 0.3) is 0 Å². The Morgan fingerprint density at radius 3 is 1.00 bits per heavy atom. The minimum Gasteiger partial charge on any atom is -0.310 e. The van der Waals surface area contributed by atoms with Gasteiger partial charge in [0.05, 0.1) is 0 Å². The zero-order valence-corrected chi connectivity index (χ0v) is 8.86. The fraction of sp³-hybridized carbons (Fsp3) is 1.00. The summed E-state index contributed by atoms with van der Waals surface area (Å²) >= 11 is 0. The molecule has 0 radical (unpaired) electrons. The molecule has 0 aliphatic heterocycles. The van der Waals surface area contributed by atoms with E-state index < -0.39 is 0 Å². The second-order valence-electron chi connectivity index (χ2n) is 2.10. The topological polar surface area (TPSA) is 3.24 Å². The monoisotopic (exact) mass is 147 g/mol. The molecule has 0 aromatic heterocycles. The van der Waals surface area contributed by atoms with Gasteiger partial charge in [-0.2, -0.15) is 0 Å². The molecular weight excluding hydrogens is 122 g/mol. The van der Waals surface area contributed by atoms with Crippen LogP contribution in [-0.4, -0.2) is 25.5 Å². The summed E-state index contributed by atoms with van der Waals surface area (Å²) in [5, 5.41) is 0. The highest BCUT2D eigenvalue weighted by atomic mass is 15.0. The van der Waals surface area contributed by atoms with E-state index in [1.807, 2.05) is 13.8 Å². The normalized spacial score (nSPS) is 7.20. The van der Waals surface area contributed by atoms with Gasteiger partial charge in [0.15, 0.2) is 0 Å². The second kappa shape index (κ2) is 23.1. The van der Waals surface area contributed by atoms with Crippen molar-refractivity contribution in [1.29, 1.82) is 0 Å². The average Bonchev–Trinajstić information content (AvgIpc) is 1.94. The van der Waals surface area contributed by atoms with Crippen molar-refractivity contribution in [3.8, 4) is 0 Å². The van der Waals surface area contributed by atoms with Gasteiger partial charge in [0.2, 0.25) is 0 Å². The summed E-state index contributed by atoms with van der Waals surface area (Å²) in [6.07, 6.45) is 1.25. The lowest BCUT2D eigenvalue weighted by Crippen LogP contribution is -2.08. The van der Waals surface area contributed by atoms with Crippen LogP contribution in [0.4, 0.5) is 0 Å². The van der Waals surface area contributed by atoms with E-state index in [0.29, 0.717) is 0 Å². The smallest absolute Gasteiger partial charge is 0.00533 e. The molecule has 0 amide bonds. The number of hydrogen-bond donors (Lipinski definition) is 0. The Kier molecular flexibility index (Phi) is 38.1. The quantitative estimate of drug-likeness (QED) is 0.551. The summed E-state index contributed by atoms with van der Waals surface area (Å²) in [5.41, 5.74) is 0. The molecule has 0 N–H and O–H groups in total. The lowest BCUT2D eigenvalue weighted by Gasteiger charge is -2.00. The van der Waals surface area contributed by atoms with Gasteiger partial charge in [-0.1, -0.05) is 41.0 Å². The first-order valence-electron chi connectivity index (χ1n) is 4.33. The standard InChI is InChI=1S/C4H11N.C3H8.C2H6/c1-4-5(2)3;1-3-2;1-2/h4H2,1-3H3;3H2,1-2H3;1-2H3. The van der Waals surface area contributed by atoms with Crippen molar-refractivity contribution >= 4 is 0 Å². The van der Waals surface area contributed by atoms with E-state index >= 15 is 0 Å². The van der Waals surface area contributed by atoms with Crippen LogP contribution in [0.15, 0.2) is 0 Å². The fourth-order valence-electron chi connectivity index (χ4n) is 0. The molecule has 0 aromatic carbocycles. The number of hydrogen-bond acceptors (Lipinski definition) is 1. The summed E-state index contributed by atoms with van der Waals surface area (Å²) in [6, 6.07) is 0. The van der Waals surface area contributed by atoms with Crippen LogP contribution >= 0.6 is 0 Å². The van der Waals surface area contributed by atoms with Gasteiger partial charge in [0, 0.05) is 0 Å². The van der Waals surface area contributed by atoms with E-state index in [2.05, 4.69) is 39.8 Å². The van der Waals surface area contributed by atoms with E-state index in [4.69, 9.17) is 0 Å². The van der Waals surface area contributed by atoms with E-state index in [9.17, 15) is 0 Å². The average molecular weight is 147 g/mol. The van der Waals surface area contributed by atoms with Crippen LogP contribution in [0.3, 0.4) is 0 Å². The molecule has 1 heteroatoms. The predicted molar refractivity (Wildman–Crippen MR) is 51.5 cm³/mol. The van der Waals surface area contributed by atoms with Crippen LogP contribution in [-0.2, 0) is 0 Å². The van der Waals surface area contributed by atoms with Crippen molar-refractivity contribution in [2.75, 3.05) is 20.6 Å². The SMILES string of the molecule is CC.CCC.CCN(C)C. The molecule has 1 nitrogen and oxygen atoms in total. The fourth-order valence-corrected chi connectivity index (χ4v) is 0. The summed E-state index contributed by atoms with van der Waals surface area (Å²) in [6.45, 7) is 11.5. The van der Waals surface area contributed by atoms with Gasteiger partial charge < -0.3 is 4.90 Å². The molecule has 0 unspecified atom stereocenters. The maximum atomic E-state index is 2.12. The third kappa shape index (κ3) is 100. The molecule has 0 fully saturated rings. The van der Waals surface area contributed by atoms with Gasteiger partial charge in [-0.15, -0.1) is 0 Å². The van der Waals surface area contributed by atoms with Gasteiger partial charge >= 0.3 is 0 Å². The van der Waals surface area contributed by atoms with Crippen LogP contribution < -0.4 is 0 Å². The van der Waals surface area contributed by atoms with Gasteiger partial charge in [0.25, 0.3) is 0 Å². The first kappa shape index (κ1) is 16.5. The molecule has 0 rings (SSSR count). The van der Waals surface area contributed by atoms with E-state index in [0.717, 1.165) is 6.54 Å². The molecule has 0 heterocycles. The van der Waals surface area contributed by atoms with Crippen molar-refractivity contribution in [3.05, 3.63) is 0 Å². The Bertz CT molecular complexity index is 25.9. The maximum Gasteiger partial charge on any atom is -0.00533 e. The summed E-state index contributed by atoms with van der Waals surface area (Å²) in [7, 11) is 4.11. The van der Waals surface area contributed by atoms with Gasteiger partial charge in [-0.05, 0) is 20.6 Å². The van der Waals surface area contributed by atoms with Crippen LogP contribution in [0.2, 0.25) is 0 Å². The van der Waals surface area contributed by atoms with E-state index in [1.165, 1.54) is 6.42 Å². The Balaban J connectivity index is -0.0000000847. The minimum atomic E-state index is 1.14. The zero-order chi connectivity index (χ0) is 8.99. The third-order valence-electron chi connectivity index (χ3n) is 0.632. The molecular formula is C9H25N. The number of nitrogens with zero attached hydrogens (tertiary/aromatic N) is 1. The first-order chi connectivity index (χ1) is 4.68. The van der Waals surface area contributed by atoms with Crippen molar-refractivity contribution in [1.82, 2.24) is 4.90 Å². The lowest BCUT2D eigenvalue weighted by molar-refractivity contribution is 0.434. The molecule has 0 aromatic rings. The molecule has 0 aliphatic carbocycles. The third-order valence-corrected chi connectivity index (χ3v) is 0.632. The molecule has 0 spiro atoms.